The van der Waals surface area contributed by atoms with Gasteiger partial charge in [0, 0.05) is 25.8 Å². The molecule has 2 aromatic rings. The molecule has 0 aliphatic rings. The second kappa shape index (κ2) is 5.90. The molecule has 4 heteroatoms. The summed E-state index contributed by atoms with van der Waals surface area (Å²) >= 11 is 0. The summed E-state index contributed by atoms with van der Waals surface area (Å²) in [6.07, 6.45) is 0. The molecule has 0 amide bonds. The van der Waals surface area contributed by atoms with E-state index < -0.39 is 11.6 Å². The van der Waals surface area contributed by atoms with Crippen LogP contribution in [0.4, 0.5) is 20.2 Å². The van der Waals surface area contributed by atoms with Crippen molar-refractivity contribution in [1.82, 2.24) is 0 Å². The highest BCUT2D eigenvalue weighted by Crippen LogP contribution is 2.24. The van der Waals surface area contributed by atoms with Gasteiger partial charge in [0.25, 0.3) is 0 Å². The second-order valence-electron chi connectivity index (χ2n) is 4.95. The maximum atomic E-state index is 13.6. The third-order valence-electron chi connectivity index (χ3n) is 3.23. The lowest BCUT2D eigenvalue weighted by Crippen LogP contribution is -2.10. The Labute approximate surface area is 118 Å². The lowest BCUT2D eigenvalue weighted by Gasteiger charge is -2.18. The molecule has 0 radical (unpaired) electrons. The summed E-state index contributed by atoms with van der Waals surface area (Å²) in [5.41, 5.74) is 2.28. The summed E-state index contributed by atoms with van der Waals surface area (Å²) in [5, 5.41) is 2.99. The molecule has 2 nitrogen and oxygen atoms in total. The van der Waals surface area contributed by atoms with Crippen LogP contribution in [-0.4, -0.2) is 14.1 Å². The molecule has 0 saturated heterocycles. The van der Waals surface area contributed by atoms with Crippen LogP contribution in [0.15, 0.2) is 42.5 Å². The number of halogens is 2. The zero-order valence-corrected chi connectivity index (χ0v) is 11.8. The van der Waals surface area contributed by atoms with E-state index in [-0.39, 0.29) is 11.7 Å². The van der Waals surface area contributed by atoms with Crippen LogP contribution in [0.1, 0.15) is 18.5 Å². The van der Waals surface area contributed by atoms with Crippen molar-refractivity contribution >= 4 is 11.4 Å². The first-order chi connectivity index (χ1) is 9.49. The molecule has 0 aliphatic carbocycles. The minimum Gasteiger partial charge on any atom is -0.378 e. The molecule has 0 bridgehead atoms. The van der Waals surface area contributed by atoms with Gasteiger partial charge in [0.1, 0.15) is 0 Å². The van der Waals surface area contributed by atoms with Gasteiger partial charge in [0.05, 0.1) is 5.69 Å². The van der Waals surface area contributed by atoms with Gasteiger partial charge < -0.3 is 10.2 Å². The van der Waals surface area contributed by atoms with E-state index in [9.17, 15) is 8.78 Å². The minimum atomic E-state index is -0.843. The standard InChI is InChI=1S/C16H18F2N2/c1-11(12-7-9-13(10-8-12)20(2)3)19-15-6-4-5-14(17)16(15)18/h4-11,19H,1-3H3. The van der Waals surface area contributed by atoms with E-state index in [0.717, 1.165) is 17.3 Å². The molecule has 106 valence electrons. The fourth-order valence-corrected chi connectivity index (χ4v) is 1.99. The lowest BCUT2D eigenvalue weighted by atomic mass is 10.1. The topological polar surface area (TPSA) is 15.3 Å². The molecule has 0 fully saturated rings. The van der Waals surface area contributed by atoms with Crippen LogP contribution < -0.4 is 10.2 Å². The smallest absolute Gasteiger partial charge is 0.181 e. The minimum absolute atomic E-state index is 0.109. The maximum Gasteiger partial charge on any atom is 0.181 e. The highest BCUT2D eigenvalue weighted by molar-refractivity contribution is 5.50. The molecular formula is C16H18F2N2. The average molecular weight is 276 g/mol. The van der Waals surface area contributed by atoms with E-state index in [4.69, 9.17) is 0 Å². The molecule has 0 spiro atoms. The third-order valence-corrected chi connectivity index (χ3v) is 3.23. The molecule has 2 aromatic carbocycles. The first kappa shape index (κ1) is 14.3. The fraction of sp³-hybridized carbons (Fsp3) is 0.250. The quantitative estimate of drug-likeness (QED) is 0.900. The van der Waals surface area contributed by atoms with Crippen molar-refractivity contribution in [3.8, 4) is 0 Å². The molecule has 0 aliphatic heterocycles. The van der Waals surface area contributed by atoms with Crippen LogP contribution in [0.25, 0.3) is 0 Å². The van der Waals surface area contributed by atoms with E-state index in [1.165, 1.54) is 12.1 Å². The van der Waals surface area contributed by atoms with Gasteiger partial charge >= 0.3 is 0 Å². The van der Waals surface area contributed by atoms with Crippen molar-refractivity contribution in [2.75, 3.05) is 24.3 Å². The lowest BCUT2D eigenvalue weighted by molar-refractivity contribution is 0.510. The van der Waals surface area contributed by atoms with Gasteiger partial charge in [-0.25, -0.2) is 8.78 Å². The summed E-state index contributed by atoms with van der Waals surface area (Å²) < 4.78 is 26.8. The van der Waals surface area contributed by atoms with Crippen molar-refractivity contribution in [1.29, 1.82) is 0 Å². The SMILES string of the molecule is CC(Nc1cccc(F)c1F)c1ccc(N(C)C)cc1. The maximum absolute atomic E-state index is 13.6. The normalized spacial score (nSPS) is 12.1. The molecule has 1 N–H and O–H groups in total. The van der Waals surface area contributed by atoms with Crippen LogP contribution in [0.5, 0.6) is 0 Å². The average Bonchev–Trinajstić information content (AvgIpc) is 2.44. The second-order valence-corrected chi connectivity index (χ2v) is 4.95. The van der Waals surface area contributed by atoms with Gasteiger partial charge in [-0.1, -0.05) is 18.2 Å². The Morgan fingerprint density at radius 1 is 1.00 bits per heavy atom. The van der Waals surface area contributed by atoms with E-state index in [1.807, 2.05) is 50.2 Å². The van der Waals surface area contributed by atoms with Crippen molar-refractivity contribution in [3.63, 3.8) is 0 Å². The largest absolute Gasteiger partial charge is 0.378 e. The van der Waals surface area contributed by atoms with Crippen LogP contribution in [0.3, 0.4) is 0 Å². The Bertz CT molecular complexity index is 580. The summed E-state index contributed by atoms with van der Waals surface area (Å²) in [7, 11) is 3.94. The summed E-state index contributed by atoms with van der Waals surface area (Å²) in [4.78, 5) is 2.01. The predicted octanol–water partition coefficient (Wildman–Crippen LogP) is 4.20. The highest BCUT2D eigenvalue weighted by atomic mass is 19.2. The number of hydrogen-bond donors (Lipinski definition) is 1. The Hall–Kier alpha value is -2.10. The molecular weight excluding hydrogens is 258 g/mol. The Kier molecular flexibility index (Phi) is 4.23. The van der Waals surface area contributed by atoms with Crippen molar-refractivity contribution in [3.05, 3.63) is 59.7 Å². The third kappa shape index (κ3) is 3.07. The van der Waals surface area contributed by atoms with Gasteiger partial charge in [0.15, 0.2) is 11.6 Å². The number of anilines is 2. The number of nitrogens with zero attached hydrogens (tertiary/aromatic N) is 1. The molecule has 0 heterocycles. The van der Waals surface area contributed by atoms with E-state index in [2.05, 4.69) is 5.32 Å². The van der Waals surface area contributed by atoms with E-state index in [1.54, 1.807) is 0 Å². The number of hydrogen-bond acceptors (Lipinski definition) is 2. The van der Waals surface area contributed by atoms with Gasteiger partial charge in [-0.15, -0.1) is 0 Å². The van der Waals surface area contributed by atoms with Gasteiger partial charge in [-0.2, -0.15) is 0 Å². The zero-order valence-electron chi connectivity index (χ0n) is 11.8. The number of rotatable bonds is 4. The molecule has 0 aromatic heterocycles. The fourth-order valence-electron chi connectivity index (χ4n) is 1.99. The number of nitrogens with one attached hydrogen (secondary N) is 1. The van der Waals surface area contributed by atoms with Crippen LogP contribution >= 0.6 is 0 Å². The first-order valence-corrected chi connectivity index (χ1v) is 6.47. The first-order valence-electron chi connectivity index (χ1n) is 6.47. The Morgan fingerprint density at radius 3 is 2.25 bits per heavy atom. The van der Waals surface area contributed by atoms with Gasteiger partial charge in [-0.3, -0.25) is 0 Å². The van der Waals surface area contributed by atoms with Gasteiger partial charge in [0.2, 0.25) is 0 Å². The number of benzene rings is 2. The predicted molar refractivity (Wildman–Crippen MR) is 79.2 cm³/mol. The molecule has 1 atom stereocenters. The molecule has 2 rings (SSSR count). The van der Waals surface area contributed by atoms with E-state index in [0.29, 0.717) is 0 Å². The monoisotopic (exact) mass is 276 g/mol. The summed E-state index contributed by atoms with van der Waals surface area (Å²) in [6.45, 7) is 1.91. The summed E-state index contributed by atoms with van der Waals surface area (Å²) in [6, 6.07) is 12.0. The summed E-state index contributed by atoms with van der Waals surface area (Å²) in [5.74, 6) is -1.69. The van der Waals surface area contributed by atoms with Crippen LogP contribution in [0.2, 0.25) is 0 Å². The Morgan fingerprint density at radius 2 is 1.65 bits per heavy atom. The highest BCUT2D eigenvalue weighted by Gasteiger charge is 2.11. The van der Waals surface area contributed by atoms with Crippen molar-refractivity contribution in [2.45, 2.75) is 13.0 Å². The van der Waals surface area contributed by atoms with Crippen LogP contribution in [-0.2, 0) is 0 Å². The molecule has 20 heavy (non-hydrogen) atoms. The van der Waals surface area contributed by atoms with Crippen molar-refractivity contribution < 1.29 is 8.78 Å². The van der Waals surface area contributed by atoms with Crippen LogP contribution in [0, 0.1) is 11.6 Å². The molecule has 1 unspecified atom stereocenters. The van der Waals surface area contributed by atoms with Gasteiger partial charge in [-0.05, 0) is 36.8 Å². The van der Waals surface area contributed by atoms with E-state index >= 15 is 0 Å². The molecule has 0 saturated carbocycles. The Balaban J connectivity index is 2.15. The van der Waals surface area contributed by atoms with Crippen molar-refractivity contribution in [2.24, 2.45) is 0 Å². The zero-order chi connectivity index (χ0) is 14.7.